The molecule has 0 saturated heterocycles. The van der Waals surface area contributed by atoms with Gasteiger partial charge in [-0.3, -0.25) is 4.79 Å². The summed E-state index contributed by atoms with van der Waals surface area (Å²) in [6, 6.07) is 11.9. The number of carbonyl (C=O) groups is 1. The van der Waals surface area contributed by atoms with Gasteiger partial charge in [0.2, 0.25) is 0 Å². The molecule has 0 spiro atoms. The van der Waals surface area contributed by atoms with Crippen LogP contribution in [0.4, 0.5) is 0 Å². The third-order valence-electron chi connectivity index (χ3n) is 4.55. The fourth-order valence-electron chi connectivity index (χ4n) is 2.87. The van der Waals surface area contributed by atoms with E-state index in [0.29, 0.717) is 6.42 Å². The second-order valence-electron chi connectivity index (χ2n) is 6.46. The first kappa shape index (κ1) is 19.7. The summed E-state index contributed by atoms with van der Waals surface area (Å²) < 4.78 is 8.52. The van der Waals surface area contributed by atoms with E-state index in [4.69, 9.17) is 4.74 Å². The minimum absolute atomic E-state index is 0.127. The van der Waals surface area contributed by atoms with E-state index in [2.05, 4.69) is 41.8 Å². The zero-order valence-corrected chi connectivity index (χ0v) is 17.7. The number of benzene rings is 2. The Hall–Kier alpha value is -2.05. The molecule has 142 valence electrons. The van der Waals surface area contributed by atoms with E-state index in [1.165, 1.54) is 15.8 Å². The van der Waals surface area contributed by atoms with Crippen LogP contribution in [-0.4, -0.2) is 29.6 Å². The van der Waals surface area contributed by atoms with Crippen molar-refractivity contribution >= 4 is 39.2 Å². The Bertz CT molecular complexity index is 1020. The van der Waals surface area contributed by atoms with Crippen molar-refractivity contribution in [2.75, 3.05) is 19.1 Å². The highest BCUT2D eigenvalue weighted by molar-refractivity contribution is 7.98. The molecular formula is C21H24N2O2S2. The van der Waals surface area contributed by atoms with Gasteiger partial charge in [0.25, 0.3) is 5.91 Å². The molecule has 0 radical (unpaired) electrons. The maximum Gasteiger partial charge on any atom is 0.252 e. The van der Waals surface area contributed by atoms with E-state index >= 15 is 0 Å². The molecule has 6 heteroatoms. The monoisotopic (exact) mass is 400 g/mol. The number of thioether (sulfide) groups is 1. The van der Waals surface area contributed by atoms with Crippen LogP contribution in [0.3, 0.4) is 0 Å². The topological polar surface area (TPSA) is 43.6 Å². The second-order valence-corrected chi connectivity index (χ2v) is 8.46. The molecular weight excluding hydrogens is 376 g/mol. The van der Waals surface area contributed by atoms with E-state index in [9.17, 15) is 4.79 Å². The van der Waals surface area contributed by atoms with Crippen molar-refractivity contribution in [3.63, 3.8) is 0 Å². The van der Waals surface area contributed by atoms with Crippen LogP contribution in [0.1, 0.15) is 16.7 Å². The zero-order chi connectivity index (χ0) is 19.4. The lowest BCUT2D eigenvalue weighted by Gasteiger charge is -2.06. The molecule has 0 atom stereocenters. The Morgan fingerprint density at radius 2 is 1.89 bits per heavy atom. The predicted octanol–water partition coefficient (Wildman–Crippen LogP) is 4.36. The van der Waals surface area contributed by atoms with Gasteiger partial charge in [-0.15, -0.1) is 0 Å². The number of hydrogen-bond donors (Lipinski definition) is 0. The van der Waals surface area contributed by atoms with Gasteiger partial charge < -0.3 is 9.30 Å². The third kappa shape index (κ3) is 4.62. The number of aryl methyl sites for hydroxylation is 3. The molecule has 27 heavy (non-hydrogen) atoms. The molecule has 2 aromatic carbocycles. The van der Waals surface area contributed by atoms with Gasteiger partial charge in [-0.05, 0) is 61.1 Å². The molecule has 0 saturated carbocycles. The molecule has 0 bridgehead atoms. The Labute approximate surface area is 167 Å². The Kier molecular flexibility index (Phi) is 6.39. The van der Waals surface area contributed by atoms with Crippen LogP contribution >= 0.6 is 23.1 Å². The van der Waals surface area contributed by atoms with E-state index in [-0.39, 0.29) is 5.91 Å². The summed E-state index contributed by atoms with van der Waals surface area (Å²) in [6.45, 7) is 5.09. The number of rotatable bonds is 6. The number of thiazole rings is 1. The largest absolute Gasteiger partial charge is 0.497 e. The number of amides is 1. The van der Waals surface area contributed by atoms with Crippen LogP contribution in [0.5, 0.6) is 5.75 Å². The number of nitrogens with zero attached hydrogens (tertiary/aromatic N) is 2. The average molecular weight is 401 g/mol. The van der Waals surface area contributed by atoms with E-state index < -0.39 is 0 Å². The van der Waals surface area contributed by atoms with Gasteiger partial charge in [-0.2, -0.15) is 16.8 Å². The summed E-state index contributed by atoms with van der Waals surface area (Å²) in [7, 11) is 1.63. The highest BCUT2D eigenvalue weighted by atomic mass is 32.2. The quantitative estimate of drug-likeness (QED) is 0.617. The SMILES string of the molecule is COc1ccc(CC(=O)N=c2sc3cc(C)c(C)cc3n2CCSC)cc1. The second kappa shape index (κ2) is 8.76. The number of aromatic nitrogens is 1. The van der Waals surface area contributed by atoms with Crippen molar-refractivity contribution in [3.05, 3.63) is 57.9 Å². The van der Waals surface area contributed by atoms with Crippen molar-refractivity contribution in [2.45, 2.75) is 26.8 Å². The molecule has 0 N–H and O–H groups in total. The third-order valence-corrected chi connectivity index (χ3v) is 6.18. The van der Waals surface area contributed by atoms with Gasteiger partial charge in [0.05, 0.1) is 23.7 Å². The van der Waals surface area contributed by atoms with Crippen LogP contribution in [-0.2, 0) is 17.8 Å². The van der Waals surface area contributed by atoms with E-state index in [1.54, 1.807) is 30.2 Å². The first-order valence-corrected chi connectivity index (χ1v) is 11.0. The van der Waals surface area contributed by atoms with Crippen LogP contribution in [0.25, 0.3) is 10.2 Å². The first-order chi connectivity index (χ1) is 13.0. The minimum Gasteiger partial charge on any atom is -0.497 e. The normalized spacial score (nSPS) is 11.9. The first-order valence-electron chi connectivity index (χ1n) is 8.82. The summed E-state index contributed by atoms with van der Waals surface area (Å²) >= 11 is 3.38. The van der Waals surface area contributed by atoms with Gasteiger partial charge in [0.1, 0.15) is 5.75 Å². The number of methoxy groups -OCH3 is 1. The number of carbonyl (C=O) groups excluding carboxylic acids is 1. The van der Waals surface area contributed by atoms with Crippen LogP contribution in [0.2, 0.25) is 0 Å². The minimum atomic E-state index is -0.127. The van der Waals surface area contributed by atoms with Gasteiger partial charge in [-0.1, -0.05) is 23.5 Å². The lowest BCUT2D eigenvalue weighted by atomic mass is 10.1. The highest BCUT2D eigenvalue weighted by Crippen LogP contribution is 2.22. The van der Waals surface area contributed by atoms with Gasteiger partial charge in [0, 0.05) is 12.3 Å². The summed E-state index contributed by atoms with van der Waals surface area (Å²) in [6.07, 6.45) is 2.38. The van der Waals surface area contributed by atoms with E-state index in [0.717, 1.165) is 33.9 Å². The smallest absolute Gasteiger partial charge is 0.252 e. The highest BCUT2D eigenvalue weighted by Gasteiger charge is 2.10. The Morgan fingerprint density at radius 3 is 2.56 bits per heavy atom. The summed E-state index contributed by atoms with van der Waals surface area (Å²) in [4.78, 5) is 17.8. The molecule has 3 rings (SSSR count). The zero-order valence-electron chi connectivity index (χ0n) is 16.1. The predicted molar refractivity (Wildman–Crippen MR) is 115 cm³/mol. The molecule has 0 unspecified atom stereocenters. The molecule has 1 amide bonds. The summed E-state index contributed by atoms with van der Waals surface area (Å²) in [5, 5.41) is 0. The van der Waals surface area contributed by atoms with Crippen molar-refractivity contribution in [3.8, 4) is 5.75 Å². The molecule has 0 aliphatic rings. The maximum absolute atomic E-state index is 12.6. The number of hydrogen-bond acceptors (Lipinski definition) is 4. The lowest BCUT2D eigenvalue weighted by Crippen LogP contribution is -2.18. The van der Waals surface area contributed by atoms with Crippen LogP contribution in [0.15, 0.2) is 41.4 Å². The number of fused-ring (bicyclic) bond motifs is 1. The fraction of sp³-hybridized carbons (Fsp3) is 0.333. The maximum atomic E-state index is 12.6. The van der Waals surface area contributed by atoms with E-state index in [1.807, 2.05) is 24.3 Å². The molecule has 3 aromatic rings. The molecule has 0 fully saturated rings. The molecule has 0 aliphatic heterocycles. The summed E-state index contributed by atoms with van der Waals surface area (Å²) in [5.74, 6) is 1.64. The van der Waals surface area contributed by atoms with Gasteiger partial charge >= 0.3 is 0 Å². The average Bonchev–Trinajstić information content (AvgIpc) is 2.96. The van der Waals surface area contributed by atoms with Gasteiger partial charge in [-0.25, -0.2) is 0 Å². The number of ether oxygens (including phenoxy) is 1. The van der Waals surface area contributed by atoms with Crippen molar-refractivity contribution in [1.82, 2.24) is 4.57 Å². The van der Waals surface area contributed by atoms with Crippen molar-refractivity contribution < 1.29 is 9.53 Å². The standard InChI is InChI=1S/C21H24N2O2S2/c1-14-11-18-19(12-15(14)2)27-21(23(18)9-10-26-4)22-20(24)13-16-5-7-17(25-3)8-6-16/h5-8,11-12H,9-10,13H2,1-4H3. The van der Waals surface area contributed by atoms with Gasteiger partial charge in [0.15, 0.2) is 4.80 Å². The Morgan fingerprint density at radius 1 is 1.19 bits per heavy atom. The Balaban J connectivity index is 1.96. The molecule has 1 aromatic heterocycles. The van der Waals surface area contributed by atoms with Crippen LogP contribution in [0, 0.1) is 13.8 Å². The molecule has 4 nitrogen and oxygen atoms in total. The molecule has 0 aliphatic carbocycles. The lowest BCUT2D eigenvalue weighted by molar-refractivity contribution is -0.117. The summed E-state index contributed by atoms with van der Waals surface area (Å²) in [5.41, 5.74) is 4.62. The fourth-order valence-corrected chi connectivity index (χ4v) is 4.39. The van der Waals surface area contributed by atoms with Crippen LogP contribution < -0.4 is 9.54 Å². The van der Waals surface area contributed by atoms with Crippen molar-refractivity contribution in [1.29, 1.82) is 0 Å². The van der Waals surface area contributed by atoms with Crippen molar-refractivity contribution in [2.24, 2.45) is 4.99 Å². The molecule has 1 heterocycles.